The largest absolute Gasteiger partial charge is 0.366 e. The summed E-state index contributed by atoms with van der Waals surface area (Å²) in [6, 6.07) is 9.52. The van der Waals surface area contributed by atoms with Gasteiger partial charge in [-0.2, -0.15) is 0 Å². The summed E-state index contributed by atoms with van der Waals surface area (Å²) in [7, 11) is 0. The third-order valence-corrected chi connectivity index (χ3v) is 3.28. The molecule has 0 saturated carbocycles. The Hall–Kier alpha value is -1.39. The van der Waals surface area contributed by atoms with Crippen LogP contribution >= 0.6 is 0 Å². The smallest absolute Gasteiger partial charge is 0.226 e. The molecule has 0 spiro atoms. The van der Waals surface area contributed by atoms with E-state index in [0.717, 1.165) is 5.56 Å². The highest BCUT2D eigenvalue weighted by Crippen LogP contribution is 2.36. The standard InChI is InChI=1S/C13H18N2O2/c1-11(2)14-9-8-13(17,15(14)10-16)12-6-4-3-5-7-12/h3-7,10-11,17H,8-9H2,1-2H3/t13-/m1/s1. The summed E-state index contributed by atoms with van der Waals surface area (Å²) in [5.74, 6) is 0. The van der Waals surface area contributed by atoms with Crippen LogP contribution in [0.3, 0.4) is 0 Å². The van der Waals surface area contributed by atoms with Gasteiger partial charge in [0, 0.05) is 24.6 Å². The minimum absolute atomic E-state index is 0.193. The summed E-state index contributed by atoms with van der Waals surface area (Å²) in [4.78, 5) is 11.2. The molecular weight excluding hydrogens is 216 g/mol. The lowest BCUT2D eigenvalue weighted by atomic mass is 10.0. The third kappa shape index (κ3) is 1.94. The van der Waals surface area contributed by atoms with E-state index < -0.39 is 5.72 Å². The monoisotopic (exact) mass is 234 g/mol. The Bertz CT molecular complexity index is 394. The highest BCUT2D eigenvalue weighted by Gasteiger charge is 2.45. The van der Waals surface area contributed by atoms with Crippen LogP contribution in [0.25, 0.3) is 0 Å². The highest BCUT2D eigenvalue weighted by atomic mass is 16.3. The number of carbonyl (C=O) groups is 1. The number of hydrogen-bond acceptors (Lipinski definition) is 3. The van der Waals surface area contributed by atoms with Gasteiger partial charge in [0.05, 0.1) is 0 Å². The number of amides is 1. The lowest BCUT2D eigenvalue weighted by Crippen LogP contribution is -2.49. The first-order valence-electron chi connectivity index (χ1n) is 5.88. The average Bonchev–Trinajstić information content (AvgIpc) is 2.69. The summed E-state index contributed by atoms with van der Waals surface area (Å²) in [5, 5.41) is 14.0. The Labute approximate surface area is 101 Å². The number of benzene rings is 1. The zero-order valence-corrected chi connectivity index (χ0v) is 10.2. The number of rotatable bonds is 3. The van der Waals surface area contributed by atoms with E-state index in [1.165, 1.54) is 5.01 Å². The predicted molar refractivity (Wildman–Crippen MR) is 64.7 cm³/mol. The maximum Gasteiger partial charge on any atom is 0.226 e. The molecule has 0 aliphatic carbocycles. The second kappa shape index (κ2) is 4.47. The maximum absolute atomic E-state index is 11.2. The van der Waals surface area contributed by atoms with Crippen molar-refractivity contribution < 1.29 is 9.90 Å². The zero-order chi connectivity index (χ0) is 12.5. The Morgan fingerprint density at radius 2 is 2.00 bits per heavy atom. The molecule has 1 saturated heterocycles. The van der Waals surface area contributed by atoms with Gasteiger partial charge in [-0.05, 0) is 13.8 Å². The fraction of sp³-hybridized carbons (Fsp3) is 0.462. The van der Waals surface area contributed by atoms with Crippen LogP contribution in [0, 0.1) is 0 Å². The van der Waals surface area contributed by atoms with Crippen LogP contribution in [0.15, 0.2) is 30.3 Å². The molecule has 1 aliphatic heterocycles. The van der Waals surface area contributed by atoms with Crippen molar-refractivity contribution >= 4 is 6.41 Å². The molecule has 0 radical (unpaired) electrons. The molecule has 4 nitrogen and oxygen atoms in total. The summed E-state index contributed by atoms with van der Waals surface area (Å²) in [5.41, 5.74) is -0.442. The number of hydrazine groups is 1. The van der Waals surface area contributed by atoms with Gasteiger partial charge in [0.1, 0.15) is 0 Å². The predicted octanol–water partition coefficient (Wildman–Crippen LogP) is 1.32. The molecule has 1 aromatic carbocycles. The number of nitrogens with zero attached hydrogens (tertiary/aromatic N) is 2. The second-order valence-corrected chi connectivity index (χ2v) is 4.64. The maximum atomic E-state index is 11.2. The van der Waals surface area contributed by atoms with E-state index in [-0.39, 0.29) is 6.04 Å². The Morgan fingerprint density at radius 3 is 2.53 bits per heavy atom. The van der Waals surface area contributed by atoms with E-state index in [1.807, 2.05) is 49.2 Å². The molecule has 1 heterocycles. The van der Waals surface area contributed by atoms with Gasteiger partial charge in [0.2, 0.25) is 6.41 Å². The van der Waals surface area contributed by atoms with Crippen LogP contribution in [-0.2, 0) is 10.5 Å². The summed E-state index contributed by atoms with van der Waals surface area (Å²) >= 11 is 0. The Morgan fingerprint density at radius 1 is 1.35 bits per heavy atom. The highest BCUT2D eigenvalue weighted by molar-refractivity contribution is 5.50. The molecule has 1 N–H and O–H groups in total. The van der Waals surface area contributed by atoms with Crippen LogP contribution < -0.4 is 0 Å². The van der Waals surface area contributed by atoms with Gasteiger partial charge < -0.3 is 5.11 Å². The van der Waals surface area contributed by atoms with Gasteiger partial charge in [0.15, 0.2) is 5.72 Å². The van der Waals surface area contributed by atoms with Crippen LogP contribution in [0.1, 0.15) is 25.8 Å². The Balaban J connectivity index is 2.35. The number of hydrogen-bond donors (Lipinski definition) is 1. The van der Waals surface area contributed by atoms with Crippen molar-refractivity contribution in [3.05, 3.63) is 35.9 Å². The topological polar surface area (TPSA) is 43.8 Å². The first kappa shape index (κ1) is 12.1. The van der Waals surface area contributed by atoms with Crippen molar-refractivity contribution in [2.45, 2.75) is 32.0 Å². The molecular formula is C13H18N2O2. The summed E-state index contributed by atoms with van der Waals surface area (Å²) in [6.07, 6.45) is 1.24. The van der Waals surface area contributed by atoms with E-state index in [0.29, 0.717) is 19.4 Å². The summed E-state index contributed by atoms with van der Waals surface area (Å²) < 4.78 is 0. The molecule has 1 fully saturated rings. The van der Waals surface area contributed by atoms with Gasteiger partial charge in [-0.1, -0.05) is 30.3 Å². The summed E-state index contributed by atoms with van der Waals surface area (Å²) in [6.45, 7) is 4.70. The molecule has 1 amide bonds. The average molecular weight is 234 g/mol. The van der Waals surface area contributed by atoms with Crippen LogP contribution in [0.2, 0.25) is 0 Å². The first-order chi connectivity index (χ1) is 8.09. The molecule has 0 bridgehead atoms. The molecule has 1 aliphatic rings. The van der Waals surface area contributed by atoms with Crippen molar-refractivity contribution in [3.63, 3.8) is 0 Å². The SMILES string of the molecule is CC(C)N1CC[C@@](O)(c2ccccc2)N1C=O. The number of carbonyl (C=O) groups excluding carboxylic acids is 1. The normalized spacial score (nSPS) is 25.5. The van der Waals surface area contributed by atoms with Crippen molar-refractivity contribution in [2.24, 2.45) is 0 Å². The van der Waals surface area contributed by atoms with Crippen LogP contribution in [-0.4, -0.2) is 34.1 Å². The van der Waals surface area contributed by atoms with Crippen molar-refractivity contribution in [1.82, 2.24) is 10.0 Å². The van der Waals surface area contributed by atoms with Gasteiger partial charge in [-0.15, -0.1) is 0 Å². The molecule has 17 heavy (non-hydrogen) atoms. The fourth-order valence-corrected chi connectivity index (χ4v) is 2.34. The van der Waals surface area contributed by atoms with E-state index in [4.69, 9.17) is 0 Å². The van der Waals surface area contributed by atoms with Gasteiger partial charge >= 0.3 is 0 Å². The molecule has 92 valence electrons. The first-order valence-corrected chi connectivity index (χ1v) is 5.88. The zero-order valence-electron chi connectivity index (χ0n) is 10.2. The van der Waals surface area contributed by atoms with Gasteiger partial charge in [-0.25, -0.2) is 10.0 Å². The molecule has 1 aromatic rings. The minimum Gasteiger partial charge on any atom is -0.366 e. The molecule has 1 atom stereocenters. The third-order valence-electron chi connectivity index (χ3n) is 3.28. The van der Waals surface area contributed by atoms with Crippen LogP contribution in [0.4, 0.5) is 0 Å². The van der Waals surface area contributed by atoms with E-state index in [1.54, 1.807) is 0 Å². The minimum atomic E-state index is -1.20. The van der Waals surface area contributed by atoms with Crippen molar-refractivity contribution in [1.29, 1.82) is 0 Å². The molecule has 0 unspecified atom stereocenters. The lowest BCUT2D eigenvalue weighted by molar-refractivity contribution is -0.181. The van der Waals surface area contributed by atoms with Crippen molar-refractivity contribution in [3.8, 4) is 0 Å². The molecule has 4 heteroatoms. The Kier molecular flexibility index (Phi) is 3.17. The van der Waals surface area contributed by atoms with E-state index in [2.05, 4.69) is 0 Å². The quantitative estimate of drug-likeness (QED) is 0.802. The van der Waals surface area contributed by atoms with Crippen molar-refractivity contribution in [2.75, 3.05) is 6.54 Å². The van der Waals surface area contributed by atoms with Gasteiger partial charge in [-0.3, -0.25) is 4.79 Å². The van der Waals surface area contributed by atoms with E-state index >= 15 is 0 Å². The molecule has 2 rings (SSSR count). The molecule has 0 aromatic heterocycles. The fourth-order valence-electron chi connectivity index (χ4n) is 2.34. The number of aliphatic hydroxyl groups is 1. The van der Waals surface area contributed by atoms with Gasteiger partial charge in [0.25, 0.3) is 0 Å². The second-order valence-electron chi connectivity index (χ2n) is 4.64. The van der Waals surface area contributed by atoms with Crippen LogP contribution in [0.5, 0.6) is 0 Å². The van der Waals surface area contributed by atoms with E-state index in [9.17, 15) is 9.90 Å². The lowest BCUT2D eigenvalue weighted by Gasteiger charge is -2.36.